The summed E-state index contributed by atoms with van der Waals surface area (Å²) in [5.41, 5.74) is 0. The molecule has 1 aromatic heterocycles. The normalized spacial score (nSPS) is 15.1. The minimum absolute atomic E-state index is 0.338. The van der Waals surface area contributed by atoms with Crippen molar-refractivity contribution in [2.75, 3.05) is 26.3 Å². The maximum absolute atomic E-state index is 11.6. The molecular weight excluding hydrogens is 283 g/mol. The molecule has 1 aromatic rings. The van der Waals surface area contributed by atoms with Gasteiger partial charge < -0.3 is 22.0 Å². The SMILES string of the molecule is F[B-](F)(F)F.O=C(O[n+]1ccccc1)N1CCOCC1. The molecule has 1 fully saturated rings. The minimum atomic E-state index is -6.00. The van der Waals surface area contributed by atoms with Gasteiger partial charge in [0, 0.05) is 30.0 Å². The molecule has 0 atom stereocenters. The van der Waals surface area contributed by atoms with E-state index >= 15 is 0 Å². The molecule has 0 spiro atoms. The zero-order valence-corrected chi connectivity index (χ0v) is 10.4. The lowest BCUT2D eigenvalue weighted by Gasteiger charge is -2.23. The van der Waals surface area contributed by atoms with E-state index in [2.05, 4.69) is 0 Å². The number of hydrogen-bond acceptors (Lipinski definition) is 3. The van der Waals surface area contributed by atoms with Gasteiger partial charge in [0.2, 0.25) is 12.4 Å². The number of carbonyl (C=O) groups is 1. The summed E-state index contributed by atoms with van der Waals surface area (Å²) < 4.78 is 45.5. The fourth-order valence-electron chi connectivity index (χ4n) is 1.34. The molecule has 1 saturated heterocycles. The van der Waals surface area contributed by atoms with Gasteiger partial charge in [0.25, 0.3) is 0 Å². The number of amides is 1. The Labute approximate surface area is 112 Å². The first kappa shape index (κ1) is 16.2. The van der Waals surface area contributed by atoms with Crippen molar-refractivity contribution in [1.29, 1.82) is 0 Å². The van der Waals surface area contributed by atoms with E-state index in [-0.39, 0.29) is 6.09 Å². The van der Waals surface area contributed by atoms with Crippen molar-refractivity contribution in [1.82, 2.24) is 4.90 Å². The third-order valence-corrected chi connectivity index (χ3v) is 2.14. The van der Waals surface area contributed by atoms with Gasteiger partial charge in [0.05, 0.1) is 13.2 Å². The third kappa shape index (κ3) is 7.57. The fourth-order valence-corrected chi connectivity index (χ4v) is 1.34. The Bertz CT molecular complexity index is 407. The van der Waals surface area contributed by atoms with Crippen LogP contribution in [-0.4, -0.2) is 44.6 Å². The number of pyridine rings is 1. The molecule has 1 amide bonds. The molecule has 0 bridgehead atoms. The van der Waals surface area contributed by atoms with Crippen LogP contribution in [0.5, 0.6) is 0 Å². The molecule has 0 aromatic carbocycles. The van der Waals surface area contributed by atoms with E-state index in [0.29, 0.717) is 26.3 Å². The average Bonchev–Trinajstić information content (AvgIpc) is 2.39. The summed E-state index contributed by atoms with van der Waals surface area (Å²) in [6.07, 6.45) is 3.02. The Morgan fingerprint density at radius 1 is 1.10 bits per heavy atom. The van der Waals surface area contributed by atoms with Crippen molar-refractivity contribution in [2.24, 2.45) is 0 Å². The van der Waals surface area contributed by atoms with Crippen LogP contribution >= 0.6 is 0 Å². The van der Waals surface area contributed by atoms with E-state index in [4.69, 9.17) is 9.57 Å². The third-order valence-electron chi connectivity index (χ3n) is 2.14. The molecule has 10 heteroatoms. The second kappa shape index (κ2) is 7.68. The number of aromatic nitrogens is 1. The molecule has 0 saturated carbocycles. The molecule has 2 rings (SSSR count). The summed E-state index contributed by atoms with van der Waals surface area (Å²) >= 11 is 0. The van der Waals surface area contributed by atoms with Gasteiger partial charge in [0.1, 0.15) is 0 Å². The lowest BCUT2D eigenvalue weighted by molar-refractivity contribution is -0.869. The smallest absolute Gasteiger partial charge is 0.418 e. The van der Waals surface area contributed by atoms with Gasteiger partial charge >= 0.3 is 13.3 Å². The van der Waals surface area contributed by atoms with Gasteiger partial charge in [0.15, 0.2) is 0 Å². The van der Waals surface area contributed by atoms with E-state index < -0.39 is 7.25 Å². The van der Waals surface area contributed by atoms with Gasteiger partial charge in [-0.15, -0.1) is 0 Å². The zero-order valence-electron chi connectivity index (χ0n) is 10.4. The van der Waals surface area contributed by atoms with Crippen LogP contribution in [0.3, 0.4) is 0 Å². The maximum atomic E-state index is 11.6. The lowest BCUT2D eigenvalue weighted by Crippen LogP contribution is -2.52. The summed E-state index contributed by atoms with van der Waals surface area (Å²) in [6.45, 7) is 2.33. The predicted molar refractivity (Wildman–Crippen MR) is 61.2 cm³/mol. The van der Waals surface area contributed by atoms with Crippen molar-refractivity contribution < 1.29 is 36.4 Å². The number of morpholine rings is 1. The number of halogens is 4. The van der Waals surface area contributed by atoms with E-state index in [1.807, 2.05) is 6.07 Å². The van der Waals surface area contributed by atoms with Crippen LogP contribution in [-0.2, 0) is 4.74 Å². The predicted octanol–water partition coefficient (Wildman–Crippen LogP) is 1.15. The summed E-state index contributed by atoms with van der Waals surface area (Å²) in [7, 11) is -6.00. The second-order valence-electron chi connectivity index (χ2n) is 3.69. The molecule has 5 nitrogen and oxygen atoms in total. The minimum Gasteiger partial charge on any atom is -0.418 e. The number of carbonyl (C=O) groups excluding carboxylic acids is 1. The van der Waals surface area contributed by atoms with Gasteiger partial charge in [-0.25, -0.2) is 4.79 Å². The highest BCUT2D eigenvalue weighted by molar-refractivity contribution is 6.50. The average molecular weight is 296 g/mol. The summed E-state index contributed by atoms with van der Waals surface area (Å²) in [5, 5.41) is 0. The quantitative estimate of drug-likeness (QED) is 0.443. The summed E-state index contributed by atoms with van der Waals surface area (Å²) in [4.78, 5) is 18.3. The first-order chi connectivity index (χ1) is 9.36. The molecule has 20 heavy (non-hydrogen) atoms. The Kier molecular flexibility index (Phi) is 6.23. The molecule has 1 aliphatic heterocycles. The largest absolute Gasteiger partial charge is 0.673 e. The topological polar surface area (TPSA) is 42.7 Å². The van der Waals surface area contributed by atoms with Crippen LogP contribution in [0.4, 0.5) is 22.1 Å². The van der Waals surface area contributed by atoms with Crippen LogP contribution in [0, 0.1) is 0 Å². The zero-order chi connectivity index (χ0) is 15.0. The van der Waals surface area contributed by atoms with Gasteiger partial charge in [-0.3, -0.25) is 4.90 Å². The first-order valence-electron chi connectivity index (χ1n) is 5.75. The summed E-state index contributed by atoms with van der Waals surface area (Å²) in [6, 6.07) is 5.46. The Morgan fingerprint density at radius 3 is 2.10 bits per heavy atom. The second-order valence-corrected chi connectivity index (χ2v) is 3.69. The molecule has 1 aliphatic rings. The van der Waals surface area contributed by atoms with E-state index in [9.17, 15) is 22.1 Å². The first-order valence-corrected chi connectivity index (χ1v) is 5.75. The highest BCUT2D eigenvalue weighted by Gasteiger charge is 2.22. The molecule has 112 valence electrons. The Balaban J connectivity index is 0.000000347. The van der Waals surface area contributed by atoms with Crippen LogP contribution in [0.25, 0.3) is 0 Å². The van der Waals surface area contributed by atoms with Crippen molar-refractivity contribution in [3.63, 3.8) is 0 Å². The highest BCUT2D eigenvalue weighted by Crippen LogP contribution is 2.06. The van der Waals surface area contributed by atoms with Crippen LogP contribution < -0.4 is 9.57 Å². The number of ether oxygens (including phenoxy) is 1. The summed E-state index contributed by atoms with van der Waals surface area (Å²) in [5.74, 6) is 0. The van der Waals surface area contributed by atoms with Gasteiger partial charge in [-0.2, -0.15) is 4.84 Å². The Morgan fingerprint density at radius 2 is 1.60 bits per heavy atom. The monoisotopic (exact) mass is 296 g/mol. The van der Waals surface area contributed by atoms with Crippen LogP contribution in [0.15, 0.2) is 30.6 Å². The Hall–Kier alpha value is -1.84. The fraction of sp³-hybridized carbons (Fsp3) is 0.400. The molecule has 0 aliphatic carbocycles. The van der Waals surface area contributed by atoms with Crippen molar-refractivity contribution in [3.05, 3.63) is 30.6 Å². The molecule has 0 radical (unpaired) electrons. The van der Waals surface area contributed by atoms with Crippen LogP contribution in [0.1, 0.15) is 0 Å². The molecule has 2 heterocycles. The van der Waals surface area contributed by atoms with E-state index in [1.165, 1.54) is 4.73 Å². The standard InChI is InChI=1S/C10H13N2O3.BF4/c13-10(11-6-8-14-9-7-11)15-12-4-2-1-3-5-12;2-1(3,4)5/h1-5H,6-9H2;/q+1;-1. The lowest BCUT2D eigenvalue weighted by atomic mass is 10.3. The van der Waals surface area contributed by atoms with Gasteiger partial charge in [-0.1, -0.05) is 6.07 Å². The van der Waals surface area contributed by atoms with Crippen molar-refractivity contribution >= 4 is 13.3 Å². The van der Waals surface area contributed by atoms with Crippen LogP contribution in [0.2, 0.25) is 0 Å². The highest BCUT2D eigenvalue weighted by atomic mass is 19.5. The van der Waals surface area contributed by atoms with Crippen molar-refractivity contribution in [2.45, 2.75) is 0 Å². The van der Waals surface area contributed by atoms with E-state index in [1.54, 1.807) is 29.4 Å². The number of nitrogens with zero attached hydrogens (tertiary/aromatic N) is 2. The molecule has 0 unspecified atom stereocenters. The van der Waals surface area contributed by atoms with Crippen molar-refractivity contribution in [3.8, 4) is 0 Å². The maximum Gasteiger partial charge on any atom is 0.673 e. The number of hydrogen-bond donors (Lipinski definition) is 0. The molecular formula is C10H13BF4N2O3. The number of rotatable bonds is 1. The molecule has 0 N–H and O–H groups in total. The van der Waals surface area contributed by atoms with Gasteiger partial charge in [-0.05, 0) is 0 Å². The van der Waals surface area contributed by atoms with E-state index in [0.717, 1.165) is 0 Å².